The van der Waals surface area contributed by atoms with E-state index in [1.165, 1.54) is 5.56 Å². The maximum absolute atomic E-state index is 12.2. The molecule has 0 aliphatic rings. The topological polar surface area (TPSA) is 61.8 Å². The number of benzene rings is 1. The summed E-state index contributed by atoms with van der Waals surface area (Å²) in [7, 11) is 0. The molecule has 5 nitrogen and oxygen atoms in total. The Hall–Kier alpha value is -2.04. The molecule has 0 amide bonds. The molecule has 5 heteroatoms. The quantitative estimate of drug-likeness (QED) is 0.393. The van der Waals surface area contributed by atoms with Crippen molar-refractivity contribution in [1.82, 2.24) is 0 Å². The van der Waals surface area contributed by atoms with E-state index in [1.54, 1.807) is 26.0 Å². The fourth-order valence-electron chi connectivity index (χ4n) is 2.50. The molecular weight excluding hydrogens is 332 g/mol. The van der Waals surface area contributed by atoms with Crippen molar-refractivity contribution < 1.29 is 23.8 Å². The Balaban J connectivity index is 2.37. The smallest absolute Gasteiger partial charge is 0.459 e. The lowest BCUT2D eigenvalue weighted by Gasteiger charge is -2.18. The lowest BCUT2D eigenvalue weighted by atomic mass is 10.1. The van der Waals surface area contributed by atoms with Gasteiger partial charge in [0.05, 0.1) is 12.2 Å². The number of carbonyl (C=O) groups is 2. The van der Waals surface area contributed by atoms with Crippen molar-refractivity contribution in [3.63, 3.8) is 0 Å². The Bertz CT molecular complexity index is 538. The lowest BCUT2D eigenvalue weighted by Crippen LogP contribution is -2.24. The average Bonchev–Trinajstić information content (AvgIpc) is 2.60. The van der Waals surface area contributed by atoms with Crippen LogP contribution in [0.15, 0.2) is 24.3 Å². The maximum atomic E-state index is 12.2. The minimum Gasteiger partial charge on any atom is -0.459 e. The minimum atomic E-state index is -0.674. The number of rotatable bonds is 11. The first-order valence-corrected chi connectivity index (χ1v) is 9.59. The summed E-state index contributed by atoms with van der Waals surface area (Å²) < 4.78 is 15.5. The van der Waals surface area contributed by atoms with Gasteiger partial charge in [-0.25, -0.2) is 9.59 Å². The molecule has 146 valence electrons. The molecule has 2 atom stereocenters. The third-order valence-corrected chi connectivity index (χ3v) is 4.00. The monoisotopic (exact) mass is 364 g/mol. The summed E-state index contributed by atoms with van der Waals surface area (Å²) in [5.41, 5.74) is 1.75. The zero-order valence-electron chi connectivity index (χ0n) is 16.5. The van der Waals surface area contributed by atoms with E-state index in [1.807, 2.05) is 19.1 Å². The highest BCUT2D eigenvalue weighted by atomic mass is 16.7. The van der Waals surface area contributed by atoms with E-state index in [9.17, 15) is 9.59 Å². The Labute approximate surface area is 157 Å². The highest BCUT2D eigenvalue weighted by Crippen LogP contribution is 2.13. The second-order valence-corrected chi connectivity index (χ2v) is 6.63. The summed E-state index contributed by atoms with van der Waals surface area (Å²) in [5, 5.41) is 0. The van der Waals surface area contributed by atoms with Crippen LogP contribution in [-0.4, -0.2) is 30.9 Å². The molecule has 0 heterocycles. The first-order valence-electron chi connectivity index (χ1n) is 9.59. The first kappa shape index (κ1) is 22.0. The number of hydrogen-bond donors (Lipinski definition) is 0. The van der Waals surface area contributed by atoms with E-state index in [0.29, 0.717) is 18.6 Å². The summed E-state index contributed by atoms with van der Waals surface area (Å²) >= 11 is 0. The molecule has 1 rings (SSSR count). The van der Waals surface area contributed by atoms with Crippen LogP contribution in [0, 0.1) is 0 Å². The first-order chi connectivity index (χ1) is 12.5. The molecule has 1 aromatic carbocycles. The number of ether oxygens (including phenoxy) is 3. The summed E-state index contributed by atoms with van der Waals surface area (Å²) in [6.07, 6.45) is 4.07. The van der Waals surface area contributed by atoms with Crippen LogP contribution in [0.25, 0.3) is 0 Å². The number of carbonyl (C=O) groups excluding carboxylic acids is 2. The second-order valence-electron chi connectivity index (χ2n) is 6.63. The van der Waals surface area contributed by atoms with Gasteiger partial charge in [0.25, 0.3) is 0 Å². The fourth-order valence-corrected chi connectivity index (χ4v) is 2.50. The van der Waals surface area contributed by atoms with Crippen molar-refractivity contribution in [2.45, 2.75) is 78.4 Å². The molecule has 0 aliphatic carbocycles. The molecule has 2 unspecified atom stereocenters. The molecule has 0 N–H and O–H groups in total. The van der Waals surface area contributed by atoms with E-state index < -0.39 is 6.16 Å². The lowest BCUT2D eigenvalue weighted by molar-refractivity contribution is 0.000160. The third-order valence-electron chi connectivity index (χ3n) is 4.00. The van der Waals surface area contributed by atoms with Crippen molar-refractivity contribution in [2.75, 3.05) is 6.61 Å². The SMILES string of the molecule is CCCCOC(=O)OC(C)CC(C)OC(=O)c1ccc(CCCC)cc1. The number of hydrogen-bond acceptors (Lipinski definition) is 5. The maximum Gasteiger partial charge on any atom is 0.508 e. The predicted molar refractivity (Wildman–Crippen MR) is 101 cm³/mol. The van der Waals surface area contributed by atoms with Crippen molar-refractivity contribution in [3.05, 3.63) is 35.4 Å². The van der Waals surface area contributed by atoms with E-state index in [4.69, 9.17) is 14.2 Å². The molecule has 0 saturated heterocycles. The highest BCUT2D eigenvalue weighted by Gasteiger charge is 2.18. The molecule has 0 saturated carbocycles. The number of unbranched alkanes of at least 4 members (excludes halogenated alkanes) is 2. The fraction of sp³-hybridized carbons (Fsp3) is 0.619. The summed E-state index contributed by atoms with van der Waals surface area (Å²) in [6.45, 7) is 8.08. The van der Waals surface area contributed by atoms with Crippen LogP contribution in [0.2, 0.25) is 0 Å². The van der Waals surface area contributed by atoms with Crippen LogP contribution in [-0.2, 0) is 20.6 Å². The average molecular weight is 364 g/mol. The largest absolute Gasteiger partial charge is 0.508 e. The van der Waals surface area contributed by atoms with Crippen LogP contribution in [0.1, 0.15) is 75.7 Å². The molecule has 0 fully saturated rings. The van der Waals surface area contributed by atoms with Gasteiger partial charge in [-0.3, -0.25) is 0 Å². The molecule has 0 spiro atoms. The molecule has 0 aliphatic heterocycles. The molecule has 26 heavy (non-hydrogen) atoms. The Morgan fingerprint density at radius 1 is 0.923 bits per heavy atom. The van der Waals surface area contributed by atoms with Crippen molar-refractivity contribution in [1.29, 1.82) is 0 Å². The van der Waals surface area contributed by atoms with Gasteiger partial charge < -0.3 is 14.2 Å². The van der Waals surface area contributed by atoms with Crippen LogP contribution in [0.3, 0.4) is 0 Å². The Morgan fingerprint density at radius 3 is 2.15 bits per heavy atom. The van der Waals surface area contributed by atoms with Crippen molar-refractivity contribution in [2.24, 2.45) is 0 Å². The van der Waals surface area contributed by atoms with E-state index >= 15 is 0 Å². The van der Waals surface area contributed by atoms with Gasteiger partial charge in [0, 0.05) is 6.42 Å². The van der Waals surface area contributed by atoms with Gasteiger partial charge >= 0.3 is 12.1 Å². The van der Waals surface area contributed by atoms with Gasteiger partial charge in [-0.1, -0.05) is 38.8 Å². The molecule has 1 aromatic rings. The van der Waals surface area contributed by atoms with Crippen LogP contribution < -0.4 is 0 Å². The number of esters is 1. The van der Waals surface area contributed by atoms with Crippen molar-refractivity contribution >= 4 is 12.1 Å². The van der Waals surface area contributed by atoms with Gasteiger partial charge in [-0.2, -0.15) is 0 Å². The number of aryl methyl sites for hydroxylation is 1. The van der Waals surface area contributed by atoms with Gasteiger partial charge in [0.1, 0.15) is 12.2 Å². The molecular formula is C21H32O5. The second kappa shape index (κ2) is 12.3. The van der Waals surface area contributed by atoms with Crippen LogP contribution >= 0.6 is 0 Å². The van der Waals surface area contributed by atoms with Gasteiger partial charge in [0.2, 0.25) is 0 Å². The summed E-state index contributed by atoms with van der Waals surface area (Å²) in [6, 6.07) is 7.53. The van der Waals surface area contributed by atoms with E-state index in [0.717, 1.165) is 32.1 Å². The summed E-state index contributed by atoms with van der Waals surface area (Å²) in [4.78, 5) is 23.7. The molecule has 0 bridgehead atoms. The minimum absolute atomic E-state index is 0.360. The van der Waals surface area contributed by atoms with Gasteiger partial charge in [-0.05, 0) is 50.8 Å². The highest BCUT2D eigenvalue weighted by molar-refractivity contribution is 5.89. The molecule has 0 radical (unpaired) electrons. The summed E-state index contributed by atoms with van der Waals surface area (Å²) in [5.74, 6) is -0.364. The zero-order valence-corrected chi connectivity index (χ0v) is 16.5. The molecule has 0 aromatic heterocycles. The Morgan fingerprint density at radius 2 is 1.54 bits per heavy atom. The van der Waals surface area contributed by atoms with Gasteiger partial charge in [-0.15, -0.1) is 0 Å². The van der Waals surface area contributed by atoms with Crippen molar-refractivity contribution in [3.8, 4) is 0 Å². The zero-order chi connectivity index (χ0) is 19.4. The standard InChI is InChI=1S/C21H32O5/c1-5-7-9-18-10-12-19(13-11-18)20(22)25-16(3)15-17(4)26-21(23)24-14-8-6-2/h10-13,16-17H,5-9,14-15H2,1-4H3. The normalized spacial score (nSPS) is 12.9. The Kier molecular flexibility index (Phi) is 10.4. The predicted octanol–water partition coefficient (Wildman–Crippen LogP) is 5.31. The van der Waals surface area contributed by atoms with Crippen LogP contribution in [0.5, 0.6) is 0 Å². The third kappa shape index (κ3) is 8.88. The van der Waals surface area contributed by atoms with Crippen LogP contribution in [0.4, 0.5) is 4.79 Å². The van der Waals surface area contributed by atoms with Gasteiger partial charge in [0.15, 0.2) is 0 Å². The van der Waals surface area contributed by atoms with E-state index in [-0.39, 0.29) is 18.2 Å². The van der Waals surface area contributed by atoms with E-state index in [2.05, 4.69) is 6.92 Å².